The first kappa shape index (κ1) is 14.6. The molecule has 0 saturated carbocycles. The van der Waals surface area contributed by atoms with Gasteiger partial charge in [-0.15, -0.1) is 0 Å². The minimum Gasteiger partial charge on any atom is -0.857 e. The monoisotopic (exact) mass is 276 g/mol. The van der Waals surface area contributed by atoms with Crippen LogP contribution in [-0.4, -0.2) is 43.5 Å². The molecule has 3 rings (SSSR count). The van der Waals surface area contributed by atoms with Crippen molar-refractivity contribution >= 4 is 11.2 Å². The van der Waals surface area contributed by atoms with E-state index in [0.717, 1.165) is 6.33 Å². The zero-order chi connectivity index (χ0) is 12.7. The average molecular weight is 276 g/mol. The Balaban J connectivity index is 0.00000133. The zero-order valence-corrected chi connectivity index (χ0v) is 12.2. The maximum atomic E-state index is 13.8. The van der Waals surface area contributed by atoms with Crippen LogP contribution in [0, 0.1) is 0 Å². The molecule has 0 bridgehead atoms. The fourth-order valence-corrected chi connectivity index (χ4v) is 2.08. The first-order valence-electron chi connectivity index (χ1n) is 5.45. The fourth-order valence-electron chi connectivity index (χ4n) is 2.08. The second-order valence-corrected chi connectivity index (χ2v) is 4.09. The minimum absolute atomic E-state index is 0. The van der Waals surface area contributed by atoms with E-state index >= 15 is 0 Å². The molecule has 0 unspecified atom stereocenters. The third-order valence-electron chi connectivity index (χ3n) is 2.93. The van der Waals surface area contributed by atoms with E-state index in [4.69, 9.17) is 9.84 Å². The van der Waals surface area contributed by atoms with E-state index in [1.807, 2.05) is 0 Å². The van der Waals surface area contributed by atoms with E-state index in [2.05, 4.69) is 15.0 Å². The summed E-state index contributed by atoms with van der Waals surface area (Å²) < 4.78 is 20.5. The molecule has 1 N–H and O–H groups in total. The molecule has 0 radical (unpaired) electrons. The van der Waals surface area contributed by atoms with Crippen molar-refractivity contribution in [3.8, 4) is 5.88 Å². The molecule has 1 aliphatic rings. The SMILES string of the molecule is [Na+].[O-]c1ncnc2c1ncn2[C@@H]1O[C@H](CO)C[C@H]1F. The van der Waals surface area contributed by atoms with Crippen molar-refractivity contribution in [2.24, 2.45) is 0 Å². The van der Waals surface area contributed by atoms with Crippen LogP contribution in [0.15, 0.2) is 12.7 Å². The summed E-state index contributed by atoms with van der Waals surface area (Å²) in [4.78, 5) is 11.3. The number of rotatable bonds is 2. The number of aliphatic hydroxyl groups excluding tert-OH is 1. The minimum atomic E-state index is -1.27. The van der Waals surface area contributed by atoms with Gasteiger partial charge in [-0.25, -0.2) is 14.4 Å². The van der Waals surface area contributed by atoms with E-state index in [-0.39, 0.29) is 53.7 Å². The maximum Gasteiger partial charge on any atom is 1.00 e. The molecule has 0 aromatic carbocycles. The maximum absolute atomic E-state index is 13.8. The summed E-state index contributed by atoms with van der Waals surface area (Å²) in [7, 11) is 0. The molecule has 2 aromatic rings. The largest absolute Gasteiger partial charge is 1.00 e. The Hall–Kier alpha value is -0.800. The Labute approximate surface area is 129 Å². The topological polar surface area (TPSA) is 96.1 Å². The van der Waals surface area contributed by atoms with Crippen LogP contribution >= 0.6 is 0 Å². The van der Waals surface area contributed by atoms with E-state index < -0.39 is 24.4 Å². The van der Waals surface area contributed by atoms with Crippen LogP contribution in [0.25, 0.3) is 11.2 Å². The molecule has 2 aromatic heterocycles. The number of fused-ring (bicyclic) bond motifs is 1. The number of halogens is 1. The van der Waals surface area contributed by atoms with Gasteiger partial charge in [0.05, 0.1) is 19.0 Å². The Morgan fingerprint density at radius 1 is 1.47 bits per heavy atom. The number of hydrogen-bond acceptors (Lipinski definition) is 6. The molecule has 0 spiro atoms. The number of aromatic nitrogens is 4. The molecule has 3 heterocycles. The van der Waals surface area contributed by atoms with E-state index in [1.165, 1.54) is 10.9 Å². The number of ether oxygens (including phenoxy) is 1. The normalized spacial score (nSPS) is 26.5. The van der Waals surface area contributed by atoms with Crippen LogP contribution in [0.2, 0.25) is 0 Å². The van der Waals surface area contributed by atoms with Crippen LogP contribution in [0.4, 0.5) is 4.39 Å². The Morgan fingerprint density at radius 3 is 2.95 bits per heavy atom. The summed E-state index contributed by atoms with van der Waals surface area (Å²) in [5.74, 6) is -0.508. The molecule has 1 fully saturated rings. The van der Waals surface area contributed by atoms with Gasteiger partial charge in [-0.2, -0.15) is 0 Å². The van der Waals surface area contributed by atoms with Crippen molar-refractivity contribution in [2.45, 2.75) is 24.9 Å². The van der Waals surface area contributed by atoms with Crippen molar-refractivity contribution in [3.63, 3.8) is 0 Å². The standard InChI is InChI=1S/C10H11FN4O3.Na/c11-6-1-5(2-16)18-10(6)15-4-14-7-8(15)12-3-13-9(7)17;/h3-6,10,16H,1-2H2,(H,12,13,17);/q;+1/p-1/t5-,6+,10+;/m0./s1. The number of alkyl halides is 1. The number of imidazole rings is 1. The van der Waals surface area contributed by atoms with Crippen LogP contribution in [-0.2, 0) is 4.74 Å². The quantitative estimate of drug-likeness (QED) is 0.572. The first-order chi connectivity index (χ1) is 8.70. The molecule has 96 valence electrons. The molecule has 1 aliphatic heterocycles. The smallest absolute Gasteiger partial charge is 0.857 e. The van der Waals surface area contributed by atoms with Crippen LogP contribution in [0.5, 0.6) is 5.88 Å². The number of aliphatic hydroxyl groups is 1. The predicted molar refractivity (Wildman–Crippen MR) is 55.3 cm³/mol. The van der Waals surface area contributed by atoms with Gasteiger partial charge in [0.15, 0.2) is 11.9 Å². The van der Waals surface area contributed by atoms with Crippen LogP contribution in [0.3, 0.4) is 0 Å². The molecule has 19 heavy (non-hydrogen) atoms. The third-order valence-corrected chi connectivity index (χ3v) is 2.93. The van der Waals surface area contributed by atoms with Crippen molar-refractivity contribution < 1.29 is 48.9 Å². The summed E-state index contributed by atoms with van der Waals surface area (Å²) in [6.07, 6.45) is -0.218. The number of hydrogen-bond donors (Lipinski definition) is 1. The number of nitrogens with zero attached hydrogens (tertiary/aromatic N) is 4. The zero-order valence-electron chi connectivity index (χ0n) is 10.2. The molecular weight excluding hydrogens is 266 g/mol. The van der Waals surface area contributed by atoms with Gasteiger partial charge in [-0.05, 0) is 0 Å². The fraction of sp³-hybridized carbons (Fsp3) is 0.500. The second kappa shape index (κ2) is 5.68. The summed E-state index contributed by atoms with van der Waals surface area (Å²) in [5, 5.41) is 20.4. The predicted octanol–water partition coefficient (Wildman–Crippen LogP) is -3.48. The summed E-state index contributed by atoms with van der Waals surface area (Å²) >= 11 is 0. The average Bonchev–Trinajstić information content (AvgIpc) is 2.93. The molecule has 9 heteroatoms. The second-order valence-electron chi connectivity index (χ2n) is 4.09. The Morgan fingerprint density at radius 2 is 2.26 bits per heavy atom. The van der Waals surface area contributed by atoms with Gasteiger partial charge in [0.1, 0.15) is 18.0 Å². The Kier molecular flexibility index (Phi) is 4.36. The summed E-state index contributed by atoms with van der Waals surface area (Å²) in [5.41, 5.74) is 0.321. The van der Waals surface area contributed by atoms with Crippen LogP contribution < -0.4 is 34.7 Å². The van der Waals surface area contributed by atoms with Gasteiger partial charge in [-0.3, -0.25) is 9.55 Å². The first-order valence-corrected chi connectivity index (χ1v) is 5.45. The third kappa shape index (κ3) is 2.46. The molecule has 7 nitrogen and oxygen atoms in total. The molecule has 3 atom stereocenters. The van der Waals surface area contributed by atoms with E-state index in [1.54, 1.807) is 0 Å². The van der Waals surface area contributed by atoms with Gasteiger partial charge in [-0.1, -0.05) is 0 Å². The Bertz CT molecular complexity index is 581. The van der Waals surface area contributed by atoms with Crippen molar-refractivity contribution in [1.29, 1.82) is 0 Å². The molecule has 0 amide bonds. The van der Waals surface area contributed by atoms with Crippen LogP contribution in [0.1, 0.15) is 12.6 Å². The van der Waals surface area contributed by atoms with E-state index in [0.29, 0.717) is 0 Å². The van der Waals surface area contributed by atoms with Gasteiger partial charge in [0.25, 0.3) is 0 Å². The van der Waals surface area contributed by atoms with Gasteiger partial charge >= 0.3 is 29.6 Å². The van der Waals surface area contributed by atoms with Gasteiger partial charge < -0.3 is 14.9 Å². The molecular formula is C10H10FN4NaO3. The molecule has 1 saturated heterocycles. The van der Waals surface area contributed by atoms with Gasteiger partial charge in [0, 0.05) is 12.3 Å². The van der Waals surface area contributed by atoms with Crippen molar-refractivity contribution in [3.05, 3.63) is 12.7 Å². The van der Waals surface area contributed by atoms with Gasteiger partial charge in [0.2, 0.25) is 0 Å². The molecule has 0 aliphatic carbocycles. The van der Waals surface area contributed by atoms with E-state index in [9.17, 15) is 9.50 Å². The van der Waals surface area contributed by atoms with Crippen molar-refractivity contribution in [2.75, 3.05) is 6.61 Å². The summed E-state index contributed by atoms with van der Waals surface area (Å²) in [6.45, 7) is -0.245. The van der Waals surface area contributed by atoms with Crippen molar-refractivity contribution in [1.82, 2.24) is 19.5 Å². The summed E-state index contributed by atoms with van der Waals surface area (Å²) in [6, 6.07) is 0.